The Balaban J connectivity index is 0.000000260. The largest absolute Gasteiger partial charge is 0.490 e. The Hall–Kier alpha value is -2.56. The van der Waals surface area contributed by atoms with E-state index in [-0.39, 0.29) is 11.6 Å². The van der Waals surface area contributed by atoms with E-state index in [9.17, 15) is 26.3 Å². The first-order chi connectivity index (χ1) is 12.6. The van der Waals surface area contributed by atoms with Gasteiger partial charge in [-0.2, -0.15) is 18.3 Å². The van der Waals surface area contributed by atoms with Crippen LogP contribution in [0.3, 0.4) is 0 Å². The number of carboxylic acid groups (broad SMARTS) is 1. The minimum Gasteiger partial charge on any atom is -0.475 e. The monoisotopic (exact) mass is 393 g/mol. The van der Waals surface area contributed by atoms with E-state index >= 15 is 0 Å². The minimum atomic E-state index is -5.08. The van der Waals surface area contributed by atoms with Gasteiger partial charge in [0.15, 0.2) is 17.5 Å². The normalized spacial score (nSPS) is 20.7. The van der Waals surface area contributed by atoms with E-state index in [4.69, 9.17) is 9.90 Å². The fraction of sp³-hybridized carbons (Fsp3) is 0.375. The molecule has 5 nitrogen and oxygen atoms in total. The molecule has 2 aliphatic rings. The maximum Gasteiger partial charge on any atom is 0.490 e. The molecule has 1 aromatic carbocycles. The number of nitrogens with one attached hydrogen (secondary N) is 2. The summed E-state index contributed by atoms with van der Waals surface area (Å²) in [7, 11) is 0. The van der Waals surface area contributed by atoms with Crippen LogP contribution in [0.1, 0.15) is 30.1 Å². The summed E-state index contributed by atoms with van der Waals surface area (Å²) >= 11 is 0. The minimum absolute atomic E-state index is 0.236. The highest BCUT2D eigenvalue weighted by molar-refractivity contribution is 5.73. The number of halogens is 6. The van der Waals surface area contributed by atoms with Crippen molar-refractivity contribution in [3.63, 3.8) is 0 Å². The highest BCUT2D eigenvalue weighted by atomic mass is 19.4. The molecule has 11 heteroatoms. The standard InChI is InChI=1S/C14H12F3N3.C2HF3O2/c15-9-3-6(4-10(16)12(9)17)13-8-5-7-1-2-11(18-7)14(8)20-19-13;3-2(4,5)1(6)7/h3-4,7,11,18H,1-2,5H2,(H,19,20);(H,6,7). The zero-order valence-electron chi connectivity index (χ0n) is 13.5. The zero-order valence-corrected chi connectivity index (χ0v) is 13.5. The number of alkyl halides is 3. The lowest BCUT2D eigenvalue weighted by Gasteiger charge is -2.21. The summed E-state index contributed by atoms with van der Waals surface area (Å²) < 4.78 is 71.5. The summed E-state index contributed by atoms with van der Waals surface area (Å²) in [6, 6.07) is 2.62. The Morgan fingerprint density at radius 1 is 1.15 bits per heavy atom. The molecule has 3 N–H and O–H groups in total. The molecule has 2 aliphatic heterocycles. The first-order valence-corrected chi connectivity index (χ1v) is 7.86. The van der Waals surface area contributed by atoms with Crippen LogP contribution in [-0.2, 0) is 11.2 Å². The van der Waals surface area contributed by atoms with Gasteiger partial charge in [0.1, 0.15) is 0 Å². The predicted molar refractivity (Wildman–Crippen MR) is 80.2 cm³/mol. The van der Waals surface area contributed by atoms with Crippen molar-refractivity contribution in [3.05, 3.63) is 40.8 Å². The summed E-state index contributed by atoms with van der Waals surface area (Å²) in [5.41, 5.74) is 2.77. The third-order valence-electron chi connectivity index (χ3n) is 4.44. The van der Waals surface area contributed by atoms with Gasteiger partial charge < -0.3 is 10.4 Å². The first-order valence-electron chi connectivity index (χ1n) is 7.86. The summed E-state index contributed by atoms with van der Waals surface area (Å²) in [5.74, 6) is -6.57. The Morgan fingerprint density at radius 3 is 2.30 bits per heavy atom. The van der Waals surface area contributed by atoms with Crippen molar-refractivity contribution in [2.75, 3.05) is 0 Å². The zero-order chi connectivity index (χ0) is 19.9. The van der Waals surface area contributed by atoms with Gasteiger partial charge in [-0.25, -0.2) is 18.0 Å². The quantitative estimate of drug-likeness (QED) is 0.512. The number of nitrogens with zero attached hydrogens (tertiary/aromatic N) is 1. The fourth-order valence-corrected chi connectivity index (χ4v) is 3.26. The SMILES string of the molecule is Fc1cc(-c2n[nH]c3c2CC2CCC3N2)cc(F)c1F.O=C(O)C(F)(F)F. The van der Waals surface area contributed by atoms with Gasteiger partial charge >= 0.3 is 12.1 Å². The van der Waals surface area contributed by atoms with Gasteiger partial charge in [-0.1, -0.05) is 0 Å². The average molecular weight is 393 g/mol. The van der Waals surface area contributed by atoms with Crippen LogP contribution in [0.5, 0.6) is 0 Å². The molecule has 2 bridgehead atoms. The van der Waals surface area contributed by atoms with Crippen LogP contribution in [0.2, 0.25) is 0 Å². The van der Waals surface area contributed by atoms with Gasteiger partial charge in [0.2, 0.25) is 0 Å². The smallest absolute Gasteiger partial charge is 0.475 e. The molecular formula is C16H13F6N3O2. The number of H-pyrrole nitrogens is 1. The van der Waals surface area contributed by atoms with Crippen molar-refractivity contribution in [2.24, 2.45) is 0 Å². The lowest BCUT2D eigenvalue weighted by atomic mass is 9.96. The Morgan fingerprint density at radius 2 is 1.74 bits per heavy atom. The summed E-state index contributed by atoms with van der Waals surface area (Å²) in [6.07, 6.45) is -2.19. The van der Waals surface area contributed by atoms with Crippen molar-refractivity contribution in [1.82, 2.24) is 15.5 Å². The van der Waals surface area contributed by atoms with Crippen LogP contribution in [0, 0.1) is 17.5 Å². The highest BCUT2D eigenvalue weighted by Gasteiger charge is 2.38. The number of carbonyl (C=O) groups is 1. The second-order valence-corrected chi connectivity index (χ2v) is 6.22. The van der Waals surface area contributed by atoms with Gasteiger partial charge in [0, 0.05) is 23.2 Å². The van der Waals surface area contributed by atoms with Crippen LogP contribution < -0.4 is 5.32 Å². The molecule has 0 aliphatic carbocycles. The van der Waals surface area contributed by atoms with Gasteiger partial charge in [-0.15, -0.1) is 0 Å². The fourth-order valence-electron chi connectivity index (χ4n) is 3.26. The number of hydrogen-bond acceptors (Lipinski definition) is 3. The van der Waals surface area contributed by atoms with Crippen LogP contribution in [0.4, 0.5) is 26.3 Å². The van der Waals surface area contributed by atoms with Crippen molar-refractivity contribution < 1.29 is 36.2 Å². The van der Waals surface area contributed by atoms with E-state index in [1.54, 1.807) is 0 Å². The van der Waals surface area contributed by atoms with Crippen molar-refractivity contribution in [2.45, 2.75) is 37.5 Å². The number of carboxylic acids is 1. The topological polar surface area (TPSA) is 78.0 Å². The van der Waals surface area contributed by atoms with E-state index in [0.717, 1.165) is 42.7 Å². The Bertz CT molecular complexity index is 857. The molecule has 1 saturated heterocycles. The van der Waals surface area contributed by atoms with E-state index in [1.165, 1.54) is 0 Å². The van der Waals surface area contributed by atoms with Crippen molar-refractivity contribution in [3.8, 4) is 11.3 Å². The molecule has 4 rings (SSSR count). The molecule has 2 unspecified atom stereocenters. The first kappa shape index (κ1) is 19.2. The molecule has 27 heavy (non-hydrogen) atoms. The lowest BCUT2D eigenvalue weighted by molar-refractivity contribution is -0.192. The predicted octanol–water partition coefficient (Wildman–Crippen LogP) is 3.48. The van der Waals surface area contributed by atoms with Gasteiger partial charge in [-0.05, 0) is 31.4 Å². The number of aromatic amines is 1. The molecule has 146 valence electrons. The number of fused-ring (bicyclic) bond motifs is 4. The molecular weight excluding hydrogens is 380 g/mol. The van der Waals surface area contributed by atoms with Gasteiger partial charge in [0.25, 0.3) is 0 Å². The molecule has 2 atom stereocenters. The Labute approximate surface area is 148 Å². The number of benzene rings is 1. The molecule has 0 radical (unpaired) electrons. The molecule has 1 fully saturated rings. The van der Waals surface area contributed by atoms with Crippen molar-refractivity contribution in [1.29, 1.82) is 0 Å². The van der Waals surface area contributed by atoms with Crippen LogP contribution in [0.15, 0.2) is 12.1 Å². The molecule has 0 amide bonds. The van der Waals surface area contributed by atoms with Gasteiger partial charge in [-0.3, -0.25) is 5.10 Å². The third kappa shape index (κ3) is 3.77. The number of hydrogen-bond donors (Lipinski definition) is 3. The maximum absolute atomic E-state index is 13.4. The highest BCUT2D eigenvalue weighted by Crippen LogP contribution is 2.39. The maximum atomic E-state index is 13.4. The summed E-state index contributed by atoms with van der Waals surface area (Å²) in [5, 5.41) is 17.7. The summed E-state index contributed by atoms with van der Waals surface area (Å²) in [4.78, 5) is 8.90. The number of aromatic nitrogens is 2. The number of rotatable bonds is 1. The Kier molecular flexibility index (Phi) is 4.89. The number of aliphatic carboxylic acids is 1. The second kappa shape index (κ2) is 6.87. The second-order valence-electron chi connectivity index (χ2n) is 6.22. The molecule has 0 saturated carbocycles. The van der Waals surface area contributed by atoms with Crippen LogP contribution in [-0.4, -0.2) is 33.5 Å². The van der Waals surface area contributed by atoms with Crippen molar-refractivity contribution >= 4 is 5.97 Å². The van der Waals surface area contributed by atoms with Crippen LogP contribution in [0.25, 0.3) is 11.3 Å². The average Bonchev–Trinajstić information content (AvgIpc) is 3.17. The molecule has 2 aromatic rings. The molecule has 1 aromatic heterocycles. The summed E-state index contributed by atoms with van der Waals surface area (Å²) in [6.45, 7) is 0. The third-order valence-corrected chi connectivity index (χ3v) is 4.44. The van der Waals surface area contributed by atoms with E-state index in [0.29, 0.717) is 11.7 Å². The van der Waals surface area contributed by atoms with E-state index < -0.39 is 29.6 Å². The van der Waals surface area contributed by atoms with E-state index in [1.807, 2.05) is 0 Å². The van der Waals surface area contributed by atoms with E-state index in [2.05, 4.69) is 15.5 Å². The molecule has 3 heterocycles. The van der Waals surface area contributed by atoms with Crippen LogP contribution >= 0.6 is 0 Å². The van der Waals surface area contributed by atoms with Gasteiger partial charge in [0.05, 0.1) is 11.4 Å². The molecule has 0 spiro atoms. The lowest BCUT2D eigenvalue weighted by Crippen LogP contribution is -2.31.